The van der Waals surface area contributed by atoms with Crippen molar-refractivity contribution in [3.63, 3.8) is 0 Å². The third-order valence-electron chi connectivity index (χ3n) is 10.0. The molecule has 0 aromatic carbocycles. The Morgan fingerprint density at radius 2 is 1.00 bits per heavy atom. The number of esters is 1. The van der Waals surface area contributed by atoms with Crippen LogP contribution in [-0.4, -0.2) is 75.6 Å². The van der Waals surface area contributed by atoms with E-state index in [-0.39, 0.29) is 25.8 Å². The van der Waals surface area contributed by atoms with Gasteiger partial charge in [-0.05, 0) is 44.9 Å². The normalized spacial score (nSPS) is 13.9. The molecule has 55 heavy (non-hydrogen) atoms. The second-order valence-corrected chi connectivity index (χ2v) is 18.2. The summed E-state index contributed by atoms with van der Waals surface area (Å²) >= 11 is 0. The van der Waals surface area contributed by atoms with Crippen LogP contribution in [0.3, 0.4) is 0 Å². The lowest BCUT2D eigenvalue weighted by Gasteiger charge is -2.24. The number of likely N-dealkylation sites (N-methyl/N-ethyl adjacent to an activating group) is 1. The standard InChI is InChI=1S/C46H90NO7P/c1-6-8-10-12-14-16-18-20-22-23-24-25-27-29-31-33-35-37-39-46(48)54-45(44-53-55(49,50)52-42-40-47(3,4)5)43-51-41-38-36-34-32-30-28-26-21-19-17-15-13-11-9-7-2/h16,18,22-23,45H,6-15,17,19-21,24-44H2,1-5H3/p+1/b18-16-,23-22-. The van der Waals surface area contributed by atoms with Crippen LogP contribution < -0.4 is 0 Å². The summed E-state index contributed by atoms with van der Waals surface area (Å²) < 4.78 is 35.0. The van der Waals surface area contributed by atoms with Crippen LogP contribution in [0.2, 0.25) is 0 Å². The number of unbranched alkanes of at least 4 members (excludes halogenated alkanes) is 25. The highest BCUT2D eigenvalue weighted by molar-refractivity contribution is 7.47. The van der Waals surface area contributed by atoms with E-state index in [1.807, 2.05) is 21.1 Å². The van der Waals surface area contributed by atoms with E-state index in [4.69, 9.17) is 18.5 Å². The second kappa shape index (κ2) is 39.8. The summed E-state index contributed by atoms with van der Waals surface area (Å²) in [5.41, 5.74) is 0. The maximum atomic E-state index is 12.7. The van der Waals surface area contributed by atoms with E-state index < -0.39 is 13.9 Å². The van der Waals surface area contributed by atoms with Crippen LogP contribution in [0.1, 0.15) is 206 Å². The molecule has 2 unspecified atom stereocenters. The average Bonchev–Trinajstić information content (AvgIpc) is 3.13. The Hall–Kier alpha value is -1.02. The summed E-state index contributed by atoms with van der Waals surface area (Å²) in [4.78, 5) is 22.9. The first kappa shape index (κ1) is 54.0. The molecule has 0 saturated carbocycles. The van der Waals surface area contributed by atoms with Crippen molar-refractivity contribution < 1.29 is 37.3 Å². The van der Waals surface area contributed by atoms with Crippen LogP contribution in [0.4, 0.5) is 0 Å². The number of rotatable bonds is 43. The highest BCUT2D eigenvalue weighted by Gasteiger charge is 2.26. The lowest BCUT2D eigenvalue weighted by molar-refractivity contribution is -0.870. The number of phosphoric acid groups is 1. The Morgan fingerprint density at radius 1 is 0.564 bits per heavy atom. The van der Waals surface area contributed by atoms with Crippen molar-refractivity contribution in [2.24, 2.45) is 0 Å². The SMILES string of the molecule is CCCCCC/C=C\C/C=C\CCCCCCCCCC(=O)OC(COCCCCCCCCCCCCCCCCC)COP(=O)(O)OCC[N+](C)(C)C. The van der Waals surface area contributed by atoms with E-state index in [0.717, 1.165) is 44.9 Å². The molecule has 0 radical (unpaired) electrons. The Labute approximate surface area is 341 Å². The molecule has 0 fully saturated rings. The first-order chi connectivity index (χ1) is 26.6. The van der Waals surface area contributed by atoms with Crippen LogP contribution in [0.5, 0.6) is 0 Å². The zero-order valence-corrected chi connectivity index (χ0v) is 37.8. The predicted molar refractivity (Wildman–Crippen MR) is 233 cm³/mol. The number of phosphoric ester groups is 1. The molecule has 9 heteroatoms. The van der Waals surface area contributed by atoms with Gasteiger partial charge in [-0.2, -0.15) is 0 Å². The molecule has 8 nitrogen and oxygen atoms in total. The predicted octanol–water partition coefficient (Wildman–Crippen LogP) is 13.6. The molecule has 0 aromatic rings. The summed E-state index contributed by atoms with van der Waals surface area (Å²) in [6.45, 7) is 5.63. The van der Waals surface area contributed by atoms with E-state index in [1.54, 1.807) is 0 Å². The fourth-order valence-electron chi connectivity index (χ4n) is 6.41. The van der Waals surface area contributed by atoms with Crippen molar-refractivity contribution in [3.8, 4) is 0 Å². The summed E-state index contributed by atoms with van der Waals surface area (Å²) in [6.07, 6.45) is 44.9. The van der Waals surface area contributed by atoms with Crippen LogP contribution in [-0.2, 0) is 27.9 Å². The van der Waals surface area contributed by atoms with Gasteiger partial charge >= 0.3 is 13.8 Å². The number of hydrogen-bond acceptors (Lipinski definition) is 6. The number of allylic oxidation sites excluding steroid dienone is 4. The van der Waals surface area contributed by atoms with Gasteiger partial charge in [-0.25, -0.2) is 4.57 Å². The molecular weight excluding hydrogens is 709 g/mol. The third kappa shape index (κ3) is 43.9. The Balaban J connectivity index is 4.20. The molecule has 0 rings (SSSR count). The number of nitrogens with zero attached hydrogens (tertiary/aromatic N) is 1. The van der Waals surface area contributed by atoms with Crippen molar-refractivity contribution in [1.82, 2.24) is 0 Å². The van der Waals surface area contributed by atoms with Crippen LogP contribution in [0.25, 0.3) is 0 Å². The van der Waals surface area contributed by atoms with Gasteiger partial charge in [0.1, 0.15) is 19.3 Å². The van der Waals surface area contributed by atoms with E-state index in [2.05, 4.69) is 38.2 Å². The quantitative estimate of drug-likeness (QED) is 0.0216. The number of carbonyl (C=O) groups excluding carboxylic acids is 1. The number of carbonyl (C=O) groups is 1. The van der Waals surface area contributed by atoms with Gasteiger partial charge in [0.25, 0.3) is 0 Å². The molecule has 0 aromatic heterocycles. The monoisotopic (exact) mass is 801 g/mol. The van der Waals surface area contributed by atoms with Gasteiger partial charge in [0.15, 0.2) is 0 Å². The highest BCUT2D eigenvalue weighted by atomic mass is 31.2. The zero-order chi connectivity index (χ0) is 40.6. The van der Waals surface area contributed by atoms with E-state index >= 15 is 0 Å². The maximum absolute atomic E-state index is 12.7. The lowest BCUT2D eigenvalue weighted by Crippen LogP contribution is -2.37. The molecule has 2 atom stereocenters. The Bertz CT molecular complexity index is 936. The van der Waals surface area contributed by atoms with Gasteiger partial charge in [0.2, 0.25) is 0 Å². The molecule has 0 heterocycles. The Kier molecular flexibility index (Phi) is 39.1. The lowest BCUT2D eigenvalue weighted by atomic mass is 10.0. The average molecular weight is 801 g/mol. The first-order valence-corrected chi connectivity index (χ1v) is 24.6. The van der Waals surface area contributed by atoms with Crippen LogP contribution >= 0.6 is 7.82 Å². The molecule has 0 amide bonds. The molecule has 0 bridgehead atoms. The molecule has 0 spiro atoms. The summed E-state index contributed by atoms with van der Waals surface area (Å²) in [5.74, 6) is -0.318. The number of hydrogen-bond donors (Lipinski definition) is 1. The second-order valence-electron chi connectivity index (χ2n) is 16.8. The topological polar surface area (TPSA) is 91.3 Å². The van der Waals surface area contributed by atoms with Crippen LogP contribution in [0.15, 0.2) is 24.3 Å². The minimum atomic E-state index is -4.27. The molecule has 0 aliphatic heterocycles. The van der Waals surface area contributed by atoms with Crippen molar-refractivity contribution in [2.45, 2.75) is 213 Å². The van der Waals surface area contributed by atoms with Gasteiger partial charge in [0, 0.05) is 13.0 Å². The van der Waals surface area contributed by atoms with Crippen LogP contribution in [0, 0.1) is 0 Å². The summed E-state index contributed by atoms with van der Waals surface area (Å²) in [5, 5.41) is 0. The number of ether oxygens (including phenoxy) is 2. The van der Waals surface area contributed by atoms with Crippen molar-refractivity contribution in [2.75, 3.05) is 54.1 Å². The van der Waals surface area contributed by atoms with Crippen molar-refractivity contribution in [1.29, 1.82) is 0 Å². The van der Waals surface area contributed by atoms with Gasteiger partial charge in [0.05, 0.1) is 34.4 Å². The van der Waals surface area contributed by atoms with Gasteiger partial charge in [-0.1, -0.05) is 179 Å². The first-order valence-electron chi connectivity index (χ1n) is 23.1. The molecule has 326 valence electrons. The fraction of sp³-hybridized carbons (Fsp3) is 0.891. The molecule has 0 saturated heterocycles. The minimum absolute atomic E-state index is 0.0889. The molecular formula is C46H91NO7P+. The van der Waals surface area contributed by atoms with Crippen molar-refractivity contribution >= 4 is 13.8 Å². The molecule has 0 aliphatic carbocycles. The van der Waals surface area contributed by atoms with Gasteiger partial charge in [-0.15, -0.1) is 0 Å². The fourth-order valence-corrected chi connectivity index (χ4v) is 7.15. The maximum Gasteiger partial charge on any atom is 0.472 e. The summed E-state index contributed by atoms with van der Waals surface area (Å²) in [6, 6.07) is 0. The Morgan fingerprint density at radius 3 is 1.49 bits per heavy atom. The minimum Gasteiger partial charge on any atom is -0.457 e. The van der Waals surface area contributed by atoms with Crippen molar-refractivity contribution in [3.05, 3.63) is 24.3 Å². The van der Waals surface area contributed by atoms with E-state index in [1.165, 1.54) is 141 Å². The van der Waals surface area contributed by atoms with Gasteiger partial charge < -0.3 is 18.9 Å². The highest BCUT2D eigenvalue weighted by Crippen LogP contribution is 2.43. The summed E-state index contributed by atoms with van der Waals surface area (Å²) in [7, 11) is 1.67. The van der Waals surface area contributed by atoms with Gasteiger partial charge in [-0.3, -0.25) is 13.8 Å². The smallest absolute Gasteiger partial charge is 0.457 e. The largest absolute Gasteiger partial charge is 0.472 e. The number of quaternary nitrogens is 1. The third-order valence-corrected chi connectivity index (χ3v) is 11.0. The molecule has 0 aliphatic rings. The van der Waals surface area contributed by atoms with E-state index in [0.29, 0.717) is 24.1 Å². The van der Waals surface area contributed by atoms with E-state index in [9.17, 15) is 14.3 Å². The molecule has 1 N–H and O–H groups in total. The zero-order valence-electron chi connectivity index (χ0n) is 36.9.